The number of hydrogen-bond acceptors (Lipinski definition) is 7. The number of likely N-dealkylation sites (N-methyl/N-ethyl adjacent to an activating group) is 1. The fourth-order valence-electron chi connectivity index (χ4n) is 2.92. The van der Waals surface area contributed by atoms with E-state index in [-0.39, 0.29) is 12.5 Å². The summed E-state index contributed by atoms with van der Waals surface area (Å²) in [4.78, 5) is 28.2. The second-order valence-corrected chi connectivity index (χ2v) is 6.57. The average molecular weight is 333 g/mol. The molecule has 0 radical (unpaired) electrons. The molecule has 1 aliphatic heterocycles. The van der Waals surface area contributed by atoms with E-state index in [9.17, 15) is 9.90 Å². The number of nitrogens with zero attached hydrogens (tertiary/aromatic N) is 5. The van der Waals surface area contributed by atoms with Crippen molar-refractivity contribution in [3.63, 3.8) is 0 Å². The van der Waals surface area contributed by atoms with Crippen molar-refractivity contribution < 1.29 is 9.90 Å². The highest BCUT2D eigenvalue weighted by molar-refractivity contribution is 7.07. The van der Waals surface area contributed by atoms with Gasteiger partial charge in [-0.15, -0.1) is 11.3 Å². The SMILES string of the molecule is CN(CC1(O)CCCN(c2cnccn2)C1)C(=O)c1cscn1. The number of hydrogen-bond donors (Lipinski definition) is 1. The topological polar surface area (TPSA) is 82.5 Å². The smallest absolute Gasteiger partial charge is 0.273 e. The molecule has 1 saturated heterocycles. The van der Waals surface area contributed by atoms with E-state index in [1.165, 1.54) is 16.2 Å². The second-order valence-electron chi connectivity index (χ2n) is 5.85. The maximum Gasteiger partial charge on any atom is 0.273 e. The van der Waals surface area contributed by atoms with Gasteiger partial charge in [0.05, 0.1) is 23.9 Å². The predicted molar refractivity (Wildman–Crippen MR) is 87.5 cm³/mol. The van der Waals surface area contributed by atoms with Crippen LogP contribution >= 0.6 is 11.3 Å². The largest absolute Gasteiger partial charge is 0.386 e. The lowest BCUT2D eigenvalue weighted by molar-refractivity contribution is -0.000268. The summed E-state index contributed by atoms with van der Waals surface area (Å²) in [5.74, 6) is 0.579. The van der Waals surface area contributed by atoms with Crippen LogP contribution in [0.1, 0.15) is 23.3 Å². The summed E-state index contributed by atoms with van der Waals surface area (Å²) in [6, 6.07) is 0. The van der Waals surface area contributed by atoms with E-state index < -0.39 is 5.60 Å². The molecule has 1 unspecified atom stereocenters. The van der Waals surface area contributed by atoms with Crippen molar-refractivity contribution in [2.75, 3.05) is 31.6 Å². The van der Waals surface area contributed by atoms with Crippen LogP contribution in [0.2, 0.25) is 0 Å². The van der Waals surface area contributed by atoms with Crippen molar-refractivity contribution in [3.05, 3.63) is 35.2 Å². The van der Waals surface area contributed by atoms with Gasteiger partial charge in [0.25, 0.3) is 5.91 Å². The lowest BCUT2D eigenvalue weighted by atomic mass is 9.92. The Hall–Kier alpha value is -2.06. The first-order valence-corrected chi connectivity index (χ1v) is 8.39. The van der Waals surface area contributed by atoms with Gasteiger partial charge >= 0.3 is 0 Å². The monoisotopic (exact) mass is 333 g/mol. The molecular weight excluding hydrogens is 314 g/mol. The van der Waals surface area contributed by atoms with Gasteiger partial charge in [0, 0.05) is 37.9 Å². The van der Waals surface area contributed by atoms with Crippen molar-refractivity contribution >= 4 is 23.1 Å². The standard InChI is InChI=1S/C15H19N5O2S/c1-19(14(21)12-8-23-11-18-12)9-15(22)3-2-6-20(10-15)13-7-16-4-5-17-13/h4-5,7-8,11,22H,2-3,6,9-10H2,1H3. The van der Waals surface area contributed by atoms with Crippen LogP contribution in [0.25, 0.3) is 0 Å². The van der Waals surface area contributed by atoms with E-state index in [2.05, 4.69) is 15.0 Å². The predicted octanol–water partition coefficient (Wildman–Crippen LogP) is 1.04. The number of amides is 1. The van der Waals surface area contributed by atoms with Crippen LogP contribution in [-0.2, 0) is 0 Å². The van der Waals surface area contributed by atoms with Crippen LogP contribution in [0.15, 0.2) is 29.5 Å². The van der Waals surface area contributed by atoms with Crippen molar-refractivity contribution in [2.45, 2.75) is 18.4 Å². The molecule has 1 N–H and O–H groups in total. The zero-order chi connectivity index (χ0) is 16.3. The van der Waals surface area contributed by atoms with Crippen LogP contribution in [0.5, 0.6) is 0 Å². The molecule has 1 aliphatic rings. The van der Waals surface area contributed by atoms with Gasteiger partial charge in [-0.2, -0.15) is 0 Å². The van der Waals surface area contributed by atoms with Crippen molar-refractivity contribution in [2.24, 2.45) is 0 Å². The lowest BCUT2D eigenvalue weighted by Crippen LogP contribution is -2.55. The summed E-state index contributed by atoms with van der Waals surface area (Å²) in [6.45, 7) is 1.52. The second kappa shape index (κ2) is 6.59. The molecule has 8 heteroatoms. The number of carbonyl (C=O) groups excluding carboxylic acids is 1. The summed E-state index contributed by atoms with van der Waals surface area (Å²) < 4.78 is 0. The average Bonchev–Trinajstić information content (AvgIpc) is 3.09. The molecule has 1 fully saturated rings. The molecule has 1 amide bonds. The number of anilines is 1. The third kappa shape index (κ3) is 3.65. The normalized spacial score (nSPS) is 21.2. The van der Waals surface area contributed by atoms with Gasteiger partial charge in [0.2, 0.25) is 0 Å². The van der Waals surface area contributed by atoms with E-state index in [0.717, 1.165) is 18.8 Å². The molecule has 0 aromatic carbocycles. The summed E-state index contributed by atoms with van der Waals surface area (Å²) in [7, 11) is 1.70. The molecule has 3 heterocycles. The van der Waals surface area contributed by atoms with Gasteiger partial charge < -0.3 is 14.9 Å². The van der Waals surface area contributed by atoms with Crippen molar-refractivity contribution in [1.82, 2.24) is 19.9 Å². The molecule has 2 aromatic heterocycles. The number of aromatic nitrogens is 3. The van der Waals surface area contributed by atoms with Crippen LogP contribution in [0.3, 0.4) is 0 Å². The lowest BCUT2D eigenvalue weighted by Gasteiger charge is -2.41. The third-order valence-electron chi connectivity index (χ3n) is 3.96. The zero-order valence-electron chi connectivity index (χ0n) is 12.9. The van der Waals surface area contributed by atoms with Crippen LogP contribution < -0.4 is 4.90 Å². The van der Waals surface area contributed by atoms with Crippen LogP contribution in [-0.4, -0.2) is 63.1 Å². The number of piperidine rings is 1. The minimum atomic E-state index is -0.962. The molecule has 0 aliphatic carbocycles. The van der Waals surface area contributed by atoms with E-state index in [1.54, 1.807) is 36.5 Å². The summed E-state index contributed by atoms with van der Waals surface area (Å²) >= 11 is 1.38. The summed E-state index contributed by atoms with van der Waals surface area (Å²) in [5.41, 5.74) is 1.09. The maximum atomic E-state index is 12.3. The van der Waals surface area contributed by atoms with Gasteiger partial charge in [0.1, 0.15) is 11.5 Å². The first-order chi connectivity index (χ1) is 11.1. The highest BCUT2D eigenvalue weighted by atomic mass is 32.1. The molecular formula is C15H19N5O2S. The molecule has 3 rings (SSSR count). The minimum absolute atomic E-state index is 0.170. The van der Waals surface area contributed by atoms with Gasteiger partial charge in [-0.1, -0.05) is 0 Å². The van der Waals surface area contributed by atoms with E-state index >= 15 is 0 Å². The van der Waals surface area contributed by atoms with E-state index in [4.69, 9.17) is 0 Å². The van der Waals surface area contributed by atoms with Gasteiger partial charge in [-0.3, -0.25) is 9.78 Å². The van der Waals surface area contributed by atoms with E-state index in [0.29, 0.717) is 18.7 Å². The summed E-state index contributed by atoms with van der Waals surface area (Å²) in [5, 5.41) is 12.6. The Morgan fingerprint density at radius 2 is 2.35 bits per heavy atom. The molecule has 23 heavy (non-hydrogen) atoms. The van der Waals surface area contributed by atoms with Gasteiger partial charge in [0.15, 0.2) is 0 Å². The first kappa shape index (κ1) is 15.8. The Morgan fingerprint density at radius 1 is 1.48 bits per heavy atom. The van der Waals surface area contributed by atoms with Crippen LogP contribution in [0, 0.1) is 0 Å². The Kier molecular flexibility index (Phi) is 4.53. The van der Waals surface area contributed by atoms with Crippen LogP contribution in [0.4, 0.5) is 5.82 Å². The first-order valence-electron chi connectivity index (χ1n) is 7.44. The minimum Gasteiger partial charge on any atom is -0.386 e. The Bertz CT molecular complexity index is 651. The maximum absolute atomic E-state index is 12.3. The van der Waals surface area contributed by atoms with E-state index in [1.807, 2.05) is 4.90 Å². The Balaban J connectivity index is 1.67. The molecule has 122 valence electrons. The van der Waals surface area contributed by atoms with Crippen molar-refractivity contribution in [1.29, 1.82) is 0 Å². The molecule has 0 saturated carbocycles. The highest BCUT2D eigenvalue weighted by Crippen LogP contribution is 2.25. The number of rotatable bonds is 4. The highest BCUT2D eigenvalue weighted by Gasteiger charge is 2.36. The third-order valence-corrected chi connectivity index (χ3v) is 4.54. The molecule has 7 nitrogen and oxygen atoms in total. The number of thiazole rings is 1. The number of carbonyl (C=O) groups is 1. The quantitative estimate of drug-likeness (QED) is 0.900. The Morgan fingerprint density at radius 3 is 3.04 bits per heavy atom. The molecule has 1 atom stereocenters. The van der Waals surface area contributed by atoms with Gasteiger partial charge in [-0.05, 0) is 12.8 Å². The fraction of sp³-hybridized carbons (Fsp3) is 0.467. The van der Waals surface area contributed by atoms with Crippen molar-refractivity contribution in [3.8, 4) is 0 Å². The molecule has 0 bridgehead atoms. The number of β-amino-alcohol motifs (C(OH)–C–C–N with tert-alkyl or cyclic N) is 1. The zero-order valence-corrected chi connectivity index (χ0v) is 13.7. The Labute approximate surface area is 138 Å². The van der Waals surface area contributed by atoms with Gasteiger partial charge in [-0.25, -0.2) is 9.97 Å². The summed E-state index contributed by atoms with van der Waals surface area (Å²) in [6.07, 6.45) is 6.45. The molecule has 2 aromatic rings. The number of aliphatic hydroxyl groups is 1. The molecule has 0 spiro atoms. The fourth-order valence-corrected chi connectivity index (χ4v) is 3.44.